The summed E-state index contributed by atoms with van der Waals surface area (Å²) < 4.78 is 0. The molecular weight excluding hydrogens is 164 g/mol. The zero-order chi connectivity index (χ0) is 9.26. The number of hydrogen-bond acceptors (Lipinski definition) is 3. The molecule has 1 aromatic heterocycles. The van der Waals surface area contributed by atoms with E-state index in [-0.39, 0.29) is 0 Å². The first-order valence-corrected chi connectivity index (χ1v) is 4.78. The first-order chi connectivity index (χ1) is 6.25. The van der Waals surface area contributed by atoms with Crippen molar-refractivity contribution in [1.29, 1.82) is 0 Å². The average Bonchev–Trinajstić information content (AvgIpc) is 2.53. The maximum absolute atomic E-state index is 5.82. The average molecular weight is 180 g/mol. The molecule has 0 aliphatic carbocycles. The number of nitrogens with two attached hydrogens (primary N) is 1. The Bertz CT molecular complexity index is 273. The van der Waals surface area contributed by atoms with Gasteiger partial charge in [-0.1, -0.05) is 0 Å². The van der Waals surface area contributed by atoms with Gasteiger partial charge in [0.05, 0.1) is 0 Å². The van der Waals surface area contributed by atoms with Gasteiger partial charge in [-0.3, -0.25) is 0 Å². The van der Waals surface area contributed by atoms with E-state index >= 15 is 0 Å². The maximum atomic E-state index is 5.82. The molecule has 4 heteroatoms. The number of nitrogens with one attached hydrogen (secondary N) is 1. The van der Waals surface area contributed by atoms with Gasteiger partial charge < -0.3 is 15.6 Å². The van der Waals surface area contributed by atoms with E-state index in [1.54, 1.807) is 0 Å². The number of aromatic nitrogens is 2. The highest BCUT2D eigenvalue weighted by Gasteiger charge is 2.17. The predicted molar refractivity (Wildman–Crippen MR) is 52.7 cm³/mol. The molecule has 1 fully saturated rings. The molecule has 2 heterocycles. The Morgan fingerprint density at radius 3 is 2.77 bits per heavy atom. The highest BCUT2D eigenvalue weighted by molar-refractivity contribution is 5.31. The van der Waals surface area contributed by atoms with Crippen molar-refractivity contribution in [3.8, 4) is 0 Å². The molecular formula is C9H16N4. The molecule has 4 nitrogen and oxygen atoms in total. The van der Waals surface area contributed by atoms with Gasteiger partial charge >= 0.3 is 0 Å². The Kier molecular flexibility index (Phi) is 2.22. The Morgan fingerprint density at radius 2 is 2.23 bits per heavy atom. The highest BCUT2D eigenvalue weighted by Crippen LogP contribution is 2.15. The van der Waals surface area contributed by atoms with Gasteiger partial charge in [-0.15, -0.1) is 0 Å². The summed E-state index contributed by atoms with van der Waals surface area (Å²) in [6, 6.07) is 0.382. The fraction of sp³-hybridized carbons (Fsp3) is 0.667. The van der Waals surface area contributed by atoms with Crippen LogP contribution >= 0.6 is 0 Å². The van der Waals surface area contributed by atoms with Crippen molar-refractivity contribution in [2.45, 2.75) is 25.8 Å². The van der Waals surface area contributed by atoms with Gasteiger partial charge in [0.15, 0.2) is 0 Å². The van der Waals surface area contributed by atoms with E-state index in [2.05, 4.69) is 14.9 Å². The van der Waals surface area contributed by atoms with Gasteiger partial charge in [0.1, 0.15) is 0 Å². The van der Waals surface area contributed by atoms with Crippen LogP contribution in [-0.4, -0.2) is 29.1 Å². The molecule has 0 spiro atoms. The first-order valence-electron chi connectivity index (χ1n) is 4.78. The number of H-pyrrole nitrogens is 1. The van der Waals surface area contributed by atoms with Crippen LogP contribution in [0.2, 0.25) is 0 Å². The summed E-state index contributed by atoms with van der Waals surface area (Å²) in [7, 11) is 0. The van der Waals surface area contributed by atoms with Crippen LogP contribution in [0.5, 0.6) is 0 Å². The summed E-state index contributed by atoms with van der Waals surface area (Å²) in [5.74, 6) is 0.990. The van der Waals surface area contributed by atoms with E-state index in [0.29, 0.717) is 6.04 Å². The van der Waals surface area contributed by atoms with E-state index in [1.165, 1.54) is 0 Å². The number of rotatable bonds is 1. The van der Waals surface area contributed by atoms with E-state index in [0.717, 1.165) is 37.6 Å². The molecule has 13 heavy (non-hydrogen) atoms. The number of aromatic amines is 1. The van der Waals surface area contributed by atoms with Crippen LogP contribution in [0.4, 0.5) is 5.95 Å². The van der Waals surface area contributed by atoms with Crippen LogP contribution in [-0.2, 0) is 0 Å². The molecule has 1 aromatic rings. The first kappa shape index (κ1) is 8.56. The second kappa shape index (κ2) is 3.38. The normalized spacial score (nSPS) is 19.4. The monoisotopic (exact) mass is 180 g/mol. The van der Waals surface area contributed by atoms with Crippen LogP contribution in [0.25, 0.3) is 0 Å². The van der Waals surface area contributed by atoms with Crippen molar-refractivity contribution >= 4 is 5.95 Å². The third kappa shape index (κ3) is 1.83. The summed E-state index contributed by atoms with van der Waals surface area (Å²) in [6.07, 6.45) is 4.00. The third-order valence-corrected chi connectivity index (χ3v) is 2.53. The lowest BCUT2D eigenvalue weighted by Gasteiger charge is -2.29. The summed E-state index contributed by atoms with van der Waals surface area (Å²) in [6.45, 7) is 4.06. The predicted octanol–water partition coefficient (Wildman–Crippen LogP) is 0.646. The molecule has 1 saturated heterocycles. The molecule has 2 rings (SSSR count). The number of nitrogens with zero attached hydrogens (tertiary/aromatic N) is 2. The molecule has 1 aliphatic heterocycles. The van der Waals surface area contributed by atoms with Crippen molar-refractivity contribution in [2.24, 2.45) is 5.73 Å². The standard InChI is InChI=1S/C9H16N4/c1-7-6-11-9(12-7)13-4-2-8(10)3-5-13/h6,8H,2-5,10H2,1H3,(H,11,12). The Labute approximate surface area is 78.1 Å². The minimum atomic E-state index is 0.382. The van der Waals surface area contributed by atoms with Crippen molar-refractivity contribution in [2.75, 3.05) is 18.0 Å². The van der Waals surface area contributed by atoms with E-state index in [4.69, 9.17) is 5.73 Å². The fourth-order valence-corrected chi connectivity index (χ4v) is 1.67. The van der Waals surface area contributed by atoms with Crippen molar-refractivity contribution in [3.63, 3.8) is 0 Å². The summed E-state index contributed by atoms with van der Waals surface area (Å²) in [4.78, 5) is 9.79. The molecule has 0 aromatic carbocycles. The third-order valence-electron chi connectivity index (χ3n) is 2.53. The van der Waals surface area contributed by atoms with Crippen LogP contribution in [0.1, 0.15) is 18.5 Å². The SMILES string of the molecule is Cc1cnc(N2CCC(N)CC2)[nH]1. The molecule has 1 aliphatic rings. The molecule has 0 radical (unpaired) electrons. The van der Waals surface area contributed by atoms with Crippen molar-refractivity contribution in [1.82, 2.24) is 9.97 Å². The van der Waals surface area contributed by atoms with E-state index < -0.39 is 0 Å². The largest absolute Gasteiger partial charge is 0.342 e. The molecule has 72 valence electrons. The van der Waals surface area contributed by atoms with Gasteiger partial charge in [-0.25, -0.2) is 4.98 Å². The fourth-order valence-electron chi connectivity index (χ4n) is 1.67. The Balaban J connectivity index is 2.02. The molecule has 0 saturated carbocycles. The minimum absolute atomic E-state index is 0.382. The lowest BCUT2D eigenvalue weighted by molar-refractivity contribution is 0.496. The van der Waals surface area contributed by atoms with Crippen LogP contribution in [0.15, 0.2) is 6.20 Å². The van der Waals surface area contributed by atoms with Crippen molar-refractivity contribution < 1.29 is 0 Å². The maximum Gasteiger partial charge on any atom is 0.202 e. The van der Waals surface area contributed by atoms with Crippen molar-refractivity contribution in [3.05, 3.63) is 11.9 Å². The zero-order valence-electron chi connectivity index (χ0n) is 7.95. The molecule has 0 bridgehead atoms. The second-order valence-electron chi connectivity index (χ2n) is 3.71. The van der Waals surface area contributed by atoms with Gasteiger partial charge in [-0.2, -0.15) is 0 Å². The van der Waals surface area contributed by atoms with Gasteiger partial charge in [0, 0.05) is 31.0 Å². The number of piperidine rings is 1. The van der Waals surface area contributed by atoms with Crippen LogP contribution in [0, 0.1) is 6.92 Å². The van der Waals surface area contributed by atoms with Crippen LogP contribution < -0.4 is 10.6 Å². The van der Waals surface area contributed by atoms with Crippen LogP contribution in [0.3, 0.4) is 0 Å². The quantitative estimate of drug-likeness (QED) is 0.667. The smallest absolute Gasteiger partial charge is 0.202 e. The Morgan fingerprint density at radius 1 is 1.54 bits per heavy atom. The zero-order valence-corrected chi connectivity index (χ0v) is 7.95. The molecule has 3 N–H and O–H groups in total. The topological polar surface area (TPSA) is 57.9 Å². The highest BCUT2D eigenvalue weighted by atomic mass is 15.3. The Hall–Kier alpha value is -1.03. The lowest BCUT2D eigenvalue weighted by Crippen LogP contribution is -2.40. The second-order valence-corrected chi connectivity index (χ2v) is 3.71. The summed E-state index contributed by atoms with van der Waals surface area (Å²) in [5.41, 5.74) is 6.94. The number of imidazole rings is 1. The van der Waals surface area contributed by atoms with Gasteiger partial charge in [0.2, 0.25) is 5.95 Å². The number of aryl methyl sites for hydroxylation is 1. The van der Waals surface area contributed by atoms with Gasteiger partial charge in [-0.05, 0) is 19.8 Å². The molecule has 0 atom stereocenters. The van der Waals surface area contributed by atoms with Gasteiger partial charge in [0.25, 0.3) is 0 Å². The summed E-state index contributed by atoms with van der Waals surface area (Å²) >= 11 is 0. The van der Waals surface area contributed by atoms with E-state index in [1.807, 2.05) is 13.1 Å². The van der Waals surface area contributed by atoms with E-state index in [9.17, 15) is 0 Å². The summed E-state index contributed by atoms with van der Waals surface area (Å²) in [5, 5.41) is 0. The lowest BCUT2D eigenvalue weighted by atomic mass is 10.1. The minimum Gasteiger partial charge on any atom is -0.342 e. The molecule has 0 amide bonds. The number of hydrogen-bond donors (Lipinski definition) is 2. The molecule has 0 unspecified atom stereocenters. The number of anilines is 1.